The lowest BCUT2D eigenvalue weighted by molar-refractivity contribution is -0.130. The molecule has 19 heavy (non-hydrogen) atoms. The van der Waals surface area contributed by atoms with Crippen LogP contribution in [0.2, 0.25) is 0 Å². The third kappa shape index (κ3) is 3.94. The molecule has 1 unspecified atom stereocenters. The summed E-state index contributed by atoms with van der Waals surface area (Å²) in [7, 11) is 0. The van der Waals surface area contributed by atoms with Gasteiger partial charge in [0.05, 0.1) is 10.3 Å². The summed E-state index contributed by atoms with van der Waals surface area (Å²) in [6.45, 7) is 9.42. The van der Waals surface area contributed by atoms with Gasteiger partial charge in [0, 0.05) is 31.9 Å². The summed E-state index contributed by atoms with van der Waals surface area (Å²) in [5.74, 6) is 0.215. The average molecular weight is 279 g/mol. The number of carbonyl (C=O) groups is 1. The Morgan fingerprint density at radius 1 is 1.37 bits per heavy atom. The molecule has 1 N–H and O–H groups in total. The minimum absolute atomic E-state index is 0.0770. The summed E-state index contributed by atoms with van der Waals surface area (Å²) in [4.78, 5) is 18.7. The largest absolute Gasteiger partial charge is 0.339 e. The van der Waals surface area contributed by atoms with Gasteiger partial charge in [-0.25, -0.2) is 4.98 Å². The molecule has 0 aromatic carbocycles. The van der Waals surface area contributed by atoms with Gasteiger partial charge < -0.3 is 10.2 Å². The van der Waals surface area contributed by atoms with Crippen molar-refractivity contribution in [1.82, 2.24) is 15.2 Å². The minimum atomic E-state index is -0.0770. The highest BCUT2D eigenvalue weighted by molar-refractivity contribution is 8.00. The fraction of sp³-hybridized carbons (Fsp3) is 0.571. The van der Waals surface area contributed by atoms with Crippen molar-refractivity contribution in [1.29, 1.82) is 0 Å². The van der Waals surface area contributed by atoms with Crippen LogP contribution in [0.4, 0.5) is 0 Å². The number of carbonyl (C=O) groups excluding carboxylic acids is 1. The van der Waals surface area contributed by atoms with Crippen LogP contribution in [-0.2, 0) is 4.79 Å². The third-order valence-corrected chi connectivity index (χ3v) is 4.15. The Kier molecular flexibility index (Phi) is 4.82. The highest BCUT2D eigenvalue weighted by atomic mass is 32.2. The Morgan fingerprint density at radius 3 is 2.68 bits per heavy atom. The quantitative estimate of drug-likeness (QED) is 0.854. The molecule has 0 bridgehead atoms. The van der Waals surface area contributed by atoms with Crippen LogP contribution in [0, 0.1) is 13.8 Å². The Bertz CT molecular complexity index is 438. The van der Waals surface area contributed by atoms with Crippen molar-refractivity contribution in [3.05, 3.63) is 23.4 Å². The molecule has 104 valence electrons. The molecule has 1 aliphatic heterocycles. The van der Waals surface area contributed by atoms with Gasteiger partial charge in [-0.05, 0) is 38.5 Å². The van der Waals surface area contributed by atoms with E-state index >= 15 is 0 Å². The maximum Gasteiger partial charge on any atom is 0.235 e. The molecule has 1 aromatic rings. The van der Waals surface area contributed by atoms with Crippen molar-refractivity contribution >= 4 is 17.7 Å². The van der Waals surface area contributed by atoms with E-state index < -0.39 is 0 Å². The number of hydrogen-bond donors (Lipinski definition) is 1. The molecule has 4 nitrogen and oxygen atoms in total. The molecule has 1 atom stereocenters. The number of hydrogen-bond acceptors (Lipinski definition) is 4. The summed E-state index contributed by atoms with van der Waals surface area (Å²) in [5, 5.41) is 4.12. The van der Waals surface area contributed by atoms with Gasteiger partial charge in [-0.15, -0.1) is 0 Å². The third-order valence-electron chi connectivity index (χ3n) is 3.15. The van der Waals surface area contributed by atoms with Gasteiger partial charge in [-0.1, -0.05) is 11.8 Å². The fourth-order valence-electron chi connectivity index (χ4n) is 2.24. The summed E-state index contributed by atoms with van der Waals surface area (Å²) in [6.07, 6.45) is 0. The van der Waals surface area contributed by atoms with Crippen LogP contribution in [0.5, 0.6) is 0 Å². The zero-order chi connectivity index (χ0) is 13.8. The second kappa shape index (κ2) is 6.39. The highest BCUT2D eigenvalue weighted by Crippen LogP contribution is 2.24. The van der Waals surface area contributed by atoms with Crippen LogP contribution in [-0.4, -0.2) is 47.2 Å². The maximum atomic E-state index is 12.3. The lowest BCUT2D eigenvalue weighted by Gasteiger charge is -2.29. The molecular formula is C14H21N3OS. The average Bonchev–Trinajstić information content (AvgIpc) is 2.37. The van der Waals surface area contributed by atoms with Gasteiger partial charge in [-0.2, -0.15) is 0 Å². The second-order valence-corrected chi connectivity index (χ2v) is 6.32. The van der Waals surface area contributed by atoms with Crippen molar-refractivity contribution in [2.75, 3.05) is 26.2 Å². The van der Waals surface area contributed by atoms with E-state index in [2.05, 4.69) is 17.2 Å². The Morgan fingerprint density at radius 2 is 2.05 bits per heavy atom. The van der Waals surface area contributed by atoms with Crippen molar-refractivity contribution in [2.45, 2.75) is 31.0 Å². The van der Waals surface area contributed by atoms with E-state index in [-0.39, 0.29) is 11.2 Å². The Labute approximate surface area is 119 Å². The van der Waals surface area contributed by atoms with Crippen LogP contribution in [0.15, 0.2) is 17.2 Å². The molecule has 0 spiro atoms. The van der Waals surface area contributed by atoms with E-state index in [4.69, 9.17) is 0 Å². The fourth-order valence-corrected chi connectivity index (χ4v) is 3.30. The Hall–Kier alpha value is -1.07. The normalized spacial score (nSPS) is 17.3. The number of nitrogens with one attached hydrogen (secondary N) is 1. The first kappa shape index (κ1) is 14.3. The lowest BCUT2D eigenvalue weighted by Crippen LogP contribution is -2.48. The zero-order valence-corrected chi connectivity index (χ0v) is 12.6. The zero-order valence-electron chi connectivity index (χ0n) is 11.8. The van der Waals surface area contributed by atoms with Gasteiger partial charge in [0.2, 0.25) is 5.91 Å². The number of rotatable bonds is 3. The molecule has 0 radical (unpaired) electrons. The van der Waals surface area contributed by atoms with Crippen molar-refractivity contribution < 1.29 is 4.79 Å². The number of pyridine rings is 1. The van der Waals surface area contributed by atoms with Crippen LogP contribution in [0.1, 0.15) is 18.2 Å². The molecule has 1 amide bonds. The molecule has 1 saturated heterocycles. The first-order valence-corrected chi connectivity index (χ1v) is 7.55. The van der Waals surface area contributed by atoms with E-state index in [9.17, 15) is 4.79 Å². The topological polar surface area (TPSA) is 45.2 Å². The van der Waals surface area contributed by atoms with Gasteiger partial charge in [0.1, 0.15) is 0 Å². The molecule has 0 saturated carbocycles. The Balaban J connectivity index is 1.99. The highest BCUT2D eigenvalue weighted by Gasteiger charge is 2.23. The molecule has 0 aliphatic carbocycles. The van der Waals surface area contributed by atoms with E-state index in [1.807, 2.05) is 30.9 Å². The summed E-state index contributed by atoms with van der Waals surface area (Å²) in [6, 6.07) is 4.09. The first-order valence-electron chi connectivity index (χ1n) is 6.68. The summed E-state index contributed by atoms with van der Waals surface area (Å²) >= 11 is 1.55. The second-order valence-electron chi connectivity index (χ2n) is 4.96. The van der Waals surface area contributed by atoms with Gasteiger partial charge in [0.15, 0.2) is 0 Å². The molecule has 2 heterocycles. The van der Waals surface area contributed by atoms with Crippen LogP contribution < -0.4 is 5.32 Å². The predicted molar refractivity (Wildman–Crippen MR) is 78.5 cm³/mol. The first-order chi connectivity index (χ1) is 9.06. The lowest BCUT2D eigenvalue weighted by atomic mass is 10.3. The number of thioether (sulfide) groups is 1. The summed E-state index contributed by atoms with van der Waals surface area (Å²) < 4.78 is 0. The van der Waals surface area contributed by atoms with E-state index in [0.29, 0.717) is 0 Å². The van der Waals surface area contributed by atoms with E-state index in [0.717, 1.165) is 36.9 Å². The van der Waals surface area contributed by atoms with E-state index in [1.54, 1.807) is 11.8 Å². The number of amides is 1. The van der Waals surface area contributed by atoms with Crippen molar-refractivity contribution in [3.63, 3.8) is 0 Å². The molecule has 5 heteroatoms. The molecule has 1 aliphatic rings. The van der Waals surface area contributed by atoms with E-state index in [1.165, 1.54) is 5.56 Å². The number of nitrogens with zero attached hydrogens (tertiary/aromatic N) is 2. The van der Waals surface area contributed by atoms with Crippen molar-refractivity contribution in [2.24, 2.45) is 0 Å². The molecule has 2 rings (SSSR count). The SMILES string of the molecule is Cc1cc(C)nc(SC(C)C(=O)N2CCNCC2)c1. The monoisotopic (exact) mass is 279 g/mol. The maximum absolute atomic E-state index is 12.3. The van der Waals surface area contributed by atoms with Gasteiger partial charge in [-0.3, -0.25) is 4.79 Å². The van der Waals surface area contributed by atoms with Crippen LogP contribution in [0.3, 0.4) is 0 Å². The van der Waals surface area contributed by atoms with Crippen molar-refractivity contribution in [3.8, 4) is 0 Å². The minimum Gasteiger partial charge on any atom is -0.339 e. The summed E-state index contributed by atoms with van der Waals surface area (Å²) in [5.41, 5.74) is 2.20. The van der Waals surface area contributed by atoms with Gasteiger partial charge >= 0.3 is 0 Å². The molecule has 1 aromatic heterocycles. The smallest absolute Gasteiger partial charge is 0.235 e. The number of piperazine rings is 1. The van der Waals surface area contributed by atoms with Crippen LogP contribution >= 0.6 is 11.8 Å². The van der Waals surface area contributed by atoms with Crippen LogP contribution in [0.25, 0.3) is 0 Å². The number of aromatic nitrogens is 1. The molecular weight excluding hydrogens is 258 g/mol. The predicted octanol–water partition coefficient (Wildman–Crippen LogP) is 1.61. The van der Waals surface area contributed by atoms with Gasteiger partial charge in [0.25, 0.3) is 0 Å². The number of aryl methyl sites for hydroxylation is 2. The molecule has 1 fully saturated rings. The standard InChI is InChI=1S/C14H21N3OS/c1-10-8-11(2)16-13(9-10)19-12(3)14(18)17-6-4-15-5-7-17/h8-9,12,15H,4-7H2,1-3H3.